The Morgan fingerprint density at radius 2 is 1.87 bits per heavy atom. The lowest BCUT2D eigenvalue weighted by atomic mass is 9.94. The fraction of sp³-hybridized carbons (Fsp3) is 0.583. The van der Waals surface area contributed by atoms with Crippen LogP contribution in [0.3, 0.4) is 0 Å². The molecule has 1 heterocycles. The first-order valence-corrected chi connectivity index (χ1v) is 11.2. The number of hydrogen-bond acceptors (Lipinski definition) is 4. The van der Waals surface area contributed by atoms with Gasteiger partial charge in [-0.15, -0.1) is 0 Å². The Labute approximate surface area is 178 Å². The molecule has 0 amide bonds. The van der Waals surface area contributed by atoms with Gasteiger partial charge in [-0.05, 0) is 69.7 Å². The summed E-state index contributed by atoms with van der Waals surface area (Å²) in [7, 11) is 0. The summed E-state index contributed by atoms with van der Waals surface area (Å²) in [6.07, 6.45) is 9.63. The average molecular weight is 414 g/mol. The number of hydrogen-bond donors (Lipinski definition) is 2. The lowest BCUT2D eigenvalue weighted by Crippen LogP contribution is -2.37. The maximum absolute atomic E-state index is 11.6. The van der Waals surface area contributed by atoms with Crippen LogP contribution in [0.15, 0.2) is 46.1 Å². The summed E-state index contributed by atoms with van der Waals surface area (Å²) < 4.78 is 7.49. The van der Waals surface area contributed by atoms with Crippen LogP contribution in [0.5, 0.6) is 5.75 Å². The third-order valence-electron chi connectivity index (χ3n) is 5.78. The van der Waals surface area contributed by atoms with E-state index in [0.717, 1.165) is 56.9 Å². The number of aromatic amines is 1. The summed E-state index contributed by atoms with van der Waals surface area (Å²) in [5, 5.41) is 3.67. The zero-order valence-electron chi connectivity index (χ0n) is 18.3. The van der Waals surface area contributed by atoms with Crippen molar-refractivity contribution in [3.05, 3.63) is 62.9 Å². The Morgan fingerprint density at radius 3 is 2.63 bits per heavy atom. The fourth-order valence-electron chi connectivity index (χ4n) is 3.53. The highest BCUT2D eigenvalue weighted by atomic mass is 16.5. The van der Waals surface area contributed by atoms with Crippen LogP contribution < -0.4 is 21.3 Å². The molecular weight excluding hydrogens is 378 g/mol. The molecule has 3 rings (SSSR count). The predicted molar refractivity (Wildman–Crippen MR) is 120 cm³/mol. The summed E-state index contributed by atoms with van der Waals surface area (Å²) in [4.78, 5) is 25.0. The van der Waals surface area contributed by atoms with Crippen LogP contribution in [-0.2, 0) is 12.1 Å². The Bertz CT molecular complexity index is 912. The minimum atomic E-state index is -0.343. The van der Waals surface area contributed by atoms with E-state index in [-0.39, 0.29) is 16.8 Å². The van der Waals surface area contributed by atoms with Crippen LogP contribution in [0.1, 0.15) is 64.4 Å². The van der Waals surface area contributed by atoms with Crippen LogP contribution in [0.2, 0.25) is 0 Å². The van der Waals surface area contributed by atoms with E-state index < -0.39 is 0 Å². The van der Waals surface area contributed by atoms with Crippen molar-refractivity contribution in [2.24, 2.45) is 5.92 Å². The molecule has 0 spiro atoms. The van der Waals surface area contributed by atoms with Gasteiger partial charge in [0.15, 0.2) is 0 Å². The van der Waals surface area contributed by atoms with E-state index in [1.807, 2.05) is 6.07 Å². The van der Waals surface area contributed by atoms with E-state index in [1.54, 1.807) is 10.8 Å². The fourth-order valence-corrected chi connectivity index (χ4v) is 3.53. The molecule has 0 atom stereocenters. The van der Waals surface area contributed by atoms with Crippen molar-refractivity contribution in [2.75, 3.05) is 13.2 Å². The molecule has 0 aliphatic heterocycles. The highest BCUT2D eigenvalue weighted by Gasteiger charge is 2.23. The number of nitrogens with one attached hydrogen (secondary N) is 2. The zero-order valence-corrected chi connectivity index (χ0v) is 18.3. The van der Waals surface area contributed by atoms with Gasteiger partial charge in [-0.2, -0.15) is 0 Å². The van der Waals surface area contributed by atoms with Crippen molar-refractivity contribution in [1.29, 1.82) is 0 Å². The second-order valence-corrected chi connectivity index (χ2v) is 8.91. The molecule has 0 radical (unpaired) electrons. The Morgan fingerprint density at radius 1 is 1.10 bits per heavy atom. The van der Waals surface area contributed by atoms with Crippen LogP contribution in [0.25, 0.3) is 0 Å². The van der Waals surface area contributed by atoms with Crippen molar-refractivity contribution in [3.8, 4) is 5.75 Å². The van der Waals surface area contributed by atoms with Crippen molar-refractivity contribution < 1.29 is 4.74 Å². The second kappa shape index (κ2) is 10.6. The Hall–Kier alpha value is -2.34. The number of aromatic nitrogens is 2. The van der Waals surface area contributed by atoms with Gasteiger partial charge in [0, 0.05) is 24.3 Å². The smallest absolute Gasteiger partial charge is 0.328 e. The SMILES string of the molecule is CC(C)(NCCCCCCCn1ccc(=O)[nH]c1=O)c1cccc(OCC2CC2)c1. The van der Waals surface area contributed by atoms with E-state index in [2.05, 4.69) is 42.3 Å². The lowest BCUT2D eigenvalue weighted by Gasteiger charge is -2.27. The molecular formula is C24H35N3O3. The second-order valence-electron chi connectivity index (χ2n) is 8.91. The number of benzene rings is 1. The summed E-state index contributed by atoms with van der Waals surface area (Å²) in [6.45, 7) is 6.90. The van der Waals surface area contributed by atoms with Gasteiger partial charge < -0.3 is 14.6 Å². The number of nitrogens with zero attached hydrogens (tertiary/aromatic N) is 1. The molecule has 1 aliphatic rings. The lowest BCUT2D eigenvalue weighted by molar-refractivity contribution is 0.298. The van der Waals surface area contributed by atoms with Crippen LogP contribution in [-0.4, -0.2) is 22.7 Å². The molecule has 0 saturated heterocycles. The van der Waals surface area contributed by atoms with Gasteiger partial charge in [-0.25, -0.2) is 4.79 Å². The molecule has 30 heavy (non-hydrogen) atoms. The number of H-pyrrole nitrogens is 1. The first-order valence-electron chi connectivity index (χ1n) is 11.2. The third-order valence-corrected chi connectivity index (χ3v) is 5.78. The van der Waals surface area contributed by atoms with Crippen LogP contribution in [0, 0.1) is 5.92 Å². The molecule has 6 heteroatoms. The minimum absolute atomic E-state index is 0.0929. The van der Waals surface area contributed by atoms with E-state index in [9.17, 15) is 9.59 Å². The average Bonchev–Trinajstić information content (AvgIpc) is 3.54. The zero-order chi connectivity index (χ0) is 21.4. The highest BCUT2D eigenvalue weighted by molar-refractivity contribution is 5.32. The highest BCUT2D eigenvalue weighted by Crippen LogP contribution is 2.30. The molecule has 0 bridgehead atoms. The molecule has 1 saturated carbocycles. The van der Waals surface area contributed by atoms with E-state index in [1.165, 1.54) is 24.5 Å². The van der Waals surface area contributed by atoms with Gasteiger partial charge in [0.1, 0.15) is 5.75 Å². The van der Waals surface area contributed by atoms with Gasteiger partial charge in [0.05, 0.1) is 6.61 Å². The molecule has 1 aliphatic carbocycles. The standard InChI is InChI=1S/C24H35N3O3/c1-24(2,20-9-8-10-21(17-20)30-18-19-11-12-19)25-14-6-4-3-5-7-15-27-16-13-22(28)26-23(27)29/h8-10,13,16-17,19,25H,3-7,11-12,14-15,18H2,1-2H3,(H,26,28,29). The van der Waals surface area contributed by atoms with Gasteiger partial charge >= 0.3 is 5.69 Å². The molecule has 164 valence electrons. The number of unbranched alkanes of at least 4 members (excludes halogenated alkanes) is 4. The molecule has 1 fully saturated rings. The molecule has 1 aromatic heterocycles. The number of aryl methyl sites for hydroxylation is 1. The summed E-state index contributed by atoms with van der Waals surface area (Å²) >= 11 is 0. The Kier molecular flexibility index (Phi) is 7.91. The predicted octanol–water partition coefficient (Wildman–Crippen LogP) is 3.80. The number of rotatable bonds is 13. The van der Waals surface area contributed by atoms with Gasteiger partial charge in [0.2, 0.25) is 0 Å². The minimum Gasteiger partial charge on any atom is -0.493 e. The normalized spacial score (nSPS) is 14.1. The molecule has 2 aromatic rings. The van der Waals surface area contributed by atoms with E-state index in [4.69, 9.17) is 4.74 Å². The van der Waals surface area contributed by atoms with Crippen LogP contribution >= 0.6 is 0 Å². The Balaban J connectivity index is 1.31. The van der Waals surface area contributed by atoms with Crippen molar-refractivity contribution in [2.45, 2.75) is 70.9 Å². The van der Waals surface area contributed by atoms with Gasteiger partial charge in [-0.1, -0.05) is 31.4 Å². The number of ether oxygens (including phenoxy) is 1. The molecule has 0 unspecified atom stereocenters. The first kappa shape index (κ1) is 22.3. The third kappa shape index (κ3) is 7.17. The quantitative estimate of drug-likeness (QED) is 0.490. The molecule has 2 N–H and O–H groups in total. The van der Waals surface area contributed by atoms with Crippen LogP contribution in [0.4, 0.5) is 0 Å². The van der Waals surface area contributed by atoms with Gasteiger partial charge in [-0.3, -0.25) is 9.78 Å². The monoisotopic (exact) mass is 413 g/mol. The van der Waals surface area contributed by atoms with Gasteiger partial charge in [0.25, 0.3) is 5.56 Å². The van der Waals surface area contributed by atoms with E-state index in [0.29, 0.717) is 6.54 Å². The molecule has 1 aromatic carbocycles. The van der Waals surface area contributed by atoms with E-state index >= 15 is 0 Å². The first-order chi connectivity index (χ1) is 14.4. The topological polar surface area (TPSA) is 76.1 Å². The van der Waals surface area contributed by atoms with Crippen molar-refractivity contribution >= 4 is 0 Å². The summed E-state index contributed by atoms with van der Waals surface area (Å²) in [5.74, 6) is 1.73. The van der Waals surface area contributed by atoms with Crippen molar-refractivity contribution in [1.82, 2.24) is 14.9 Å². The summed E-state index contributed by atoms with van der Waals surface area (Å²) in [6, 6.07) is 9.84. The van der Waals surface area contributed by atoms with Crippen molar-refractivity contribution in [3.63, 3.8) is 0 Å². The maximum Gasteiger partial charge on any atom is 0.328 e. The summed E-state index contributed by atoms with van der Waals surface area (Å²) in [5.41, 5.74) is 0.493. The molecule has 6 nitrogen and oxygen atoms in total. The maximum atomic E-state index is 11.6. The largest absolute Gasteiger partial charge is 0.493 e.